The Hall–Kier alpha value is -2.86. The van der Waals surface area contributed by atoms with Crippen molar-refractivity contribution in [1.82, 2.24) is 0 Å². The largest absolute Gasteiger partial charge is 0.479 e. The number of carboxylic acids is 1. The highest BCUT2D eigenvalue weighted by Gasteiger charge is 2.31. The minimum atomic E-state index is -0.977. The smallest absolute Gasteiger partial charge is 0.335 e. The Morgan fingerprint density at radius 1 is 1.28 bits per heavy atom. The number of hydrogen-bond donors (Lipinski definition) is 2. The summed E-state index contributed by atoms with van der Waals surface area (Å²) in [6.07, 6.45) is -0.577. The molecular formula is C19H20N2O4. The highest BCUT2D eigenvalue weighted by molar-refractivity contribution is 5.99. The lowest BCUT2D eigenvalue weighted by Crippen LogP contribution is -2.44. The monoisotopic (exact) mass is 340 g/mol. The number of rotatable bonds is 4. The number of hydrogen-bond acceptors (Lipinski definition) is 4. The van der Waals surface area contributed by atoms with E-state index < -0.39 is 12.1 Å². The van der Waals surface area contributed by atoms with Crippen molar-refractivity contribution in [3.8, 4) is 5.75 Å². The molecule has 3 N–H and O–H groups in total. The second-order valence-corrected chi connectivity index (χ2v) is 6.20. The molecule has 2 aromatic rings. The molecule has 6 nitrogen and oxygen atoms in total. The van der Waals surface area contributed by atoms with Crippen LogP contribution in [-0.2, 0) is 11.3 Å². The van der Waals surface area contributed by atoms with Gasteiger partial charge in [0.25, 0.3) is 5.91 Å². The van der Waals surface area contributed by atoms with Gasteiger partial charge < -0.3 is 20.5 Å². The van der Waals surface area contributed by atoms with Crippen molar-refractivity contribution in [1.29, 1.82) is 0 Å². The molecule has 0 spiro atoms. The van der Waals surface area contributed by atoms with Crippen LogP contribution in [0.1, 0.15) is 41.4 Å². The van der Waals surface area contributed by atoms with Gasteiger partial charge in [0, 0.05) is 6.04 Å². The molecular weight excluding hydrogens is 320 g/mol. The van der Waals surface area contributed by atoms with Crippen molar-refractivity contribution in [2.45, 2.75) is 32.5 Å². The molecule has 0 fully saturated rings. The zero-order chi connectivity index (χ0) is 18.1. The Morgan fingerprint density at radius 2 is 1.96 bits per heavy atom. The summed E-state index contributed by atoms with van der Waals surface area (Å²) in [5.41, 5.74) is 8.60. The van der Waals surface area contributed by atoms with Crippen molar-refractivity contribution in [2.75, 3.05) is 4.90 Å². The fraction of sp³-hybridized carbons (Fsp3) is 0.263. The zero-order valence-electron chi connectivity index (χ0n) is 14.1. The first-order valence-electron chi connectivity index (χ1n) is 8.06. The van der Waals surface area contributed by atoms with E-state index >= 15 is 0 Å². The van der Waals surface area contributed by atoms with Gasteiger partial charge >= 0.3 is 5.97 Å². The van der Waals surface area contributed by atoms with E-state index in [9.17, 15) is 9.59 Å². The summed E-state index contributed by atoms with van der Waals surface area (Å²) in [6, 6.07) is 11.9. The summed E-state index contributed by atoms with van der Waals surface area (Å²) in [6.45, 7) is 3.93. The van der Waals surface area contributed by atoms with Gasteiger partial charge in [-0.05, 0) is 49.2 Å². The maximum Gasteiger partial charge on any atom is 0.335 e. The minimum Gasteiger partial charge on any atom is -0.479 e. The Balaban J connectivity index is 1.95. The van der Waals surface area contributed by atoms with Gasteiger partial charge in [-0.15, -0.1) is 0 Å². The molecule has 1 aliphatic rings. The van der Waals surface area contributed by atoms with Crippen LogP contribution < -0.4 is 15.4 Å². The Morgan fingerprint density at radius 3 is 2.56 bits per heavy atom. The van der Waals surface area contributed by atoms with Crippen LogP contribution in [0.25, 0.3) is 0 Å². The van der Waals surface area contributed by atoms with Crippen molar-refractivity contribution >= 4 is 17.6 Å². The van der Waals surface area contributed by atoms with Crippen LogP contribution in [-0.4, -0.2) is 23.1 Å². The summed E-state index contributed by atoms with van der Waals surface area (Å²) in [5.74, 6) is -0.482. The molecule has 1 heterocycles. The van der Waals surface area contributed by atoms with Crippen molar-refractivity contribution in [2.24, 2.45) is 5.73 Å². The highest BCUT2D eigenvalue weighted by Crippen LogP contribution is 2.36. The summed E-state index contributed by atoms with van der Waals surface area (Å²) in [4.78, 5) is 25.3. The fourth-order valence-electron chi connectivity index (χ4n) is 2.81. The van der Waals surface area contributed by atoms with Gasteiger partial charge in [0.1, 0.15) is 5.75 Å². The lowest BCUT2D eigenvalue weighted by atomic mass is 10.0. The molecule has 1 aliphatic heterocycles. The number of amides is 1. The zero-order valence-corrected chi connectivity index (χ0v) is 14.1. The number of carbonyl (C=O) groups is 2. The minimum absolute atomic E-state index is 0.142. The molecule has 25 heavy (non-hydrogen) atoms. The van der Waals surface area contributed by atoms with E-state index in [1.807, 2.05) is 25.1 Å². The molecule has 0 saturated heterocycles. The van der Waals surface area contributed by atoms with Gasteiger partial charge in [-0.2, -0.15) is 0 Å². The summed E-state index contributed by atoms with van der Waals surface area (Å²) in [5, 5.41) is 8.99. The second-order valence-electron chi connectivity index (χ2n) is 6.20. The molecule has 6 heteroatoms. The van der Waals surface area contributed by atoms with Gasteiger partial charge in [-0.1, -0.05) is 18.2 Å². The first kappa shape index (κ1) is 17.0. The van der Waals surface area contributed by atoms with Crippen LogP contribution in [0.15, 0.2) is 42.5 Å². The van der Waals surface area contributed by atoms with E-state index in [0.29, 0.717) is 18.0 Å². The van der Waals surface area contributed by atoms with Crippen LogP contribution in [0.2, 0.25) is 0 Å². The van der Waals surface area contributed by atoms with E-state index in [4.69, 9.17) is 15.6 Å². The first-order chi connectivity index (χ1) is 11.9. The first-order valence-corrected chi connectivity index (χ1v) is 8.06. The van der Waals surface area contributed by atoms with E-state index in [1.54, 1.807) is 24.0 Å². The van der Waals surface area contributed by atoms with E-state index in [-0.39, 0.29) is 17.5 Å². The second kappa shape index (κ2) is 6.57. The molecule has 0 aliphatic carbocycles. The number of carboxylic acid groups (broad SMARTS) is 1. The number of anilines is 1. The molecule has 0 radical (unpaired) electrons. The number of fused-ring (bicyclic) bond motifs is 1. The van der Waals surface area contributed by atoms with Crippen molar-refractivity contribution in [3.63, 3.8) is 0 Å². The predicted octanol–water partition coefficient (Wildman–Crippen LogP) is 2.72. The third kappa shape index (κ3) is 3.34. The third-order valence-corrected chi connectivity index (χ3v) is 4.26. The molecule has 2 unspecified atom stereocenters. The van der Waals surface area contributed by atoms with Crippen LogP contribution in [0.4, 0.5) is 5.69 Å². The van der Waals surface area contributed by atoms with Crippen molar-refractivity contribution < 1.29 is 19.4 Å². The highest BCUT2D eigenvalue weighted by atomic mass is 16.5. The quantitative estimate of drug-likeness (QED) is 0.893. The van der Waals surface area contributed by atoms with Gasteiger partial charge in [-0.3, -0.25) is 4.79 Å². The molecule has 2 aromatic carbocycles. The van der Waals surface area contributed by atoms with E-state index in [0.717, 1.165) is 11.1 Å². The topological polar surface area (TPSA) is 92.9 Å². The number of ether oxygens (including phenoxy) is 1. The maximum atomic E-state index is 12.6. The summed E-state index contributed by atoms with van der Waals surface area (Å²) >= 11 is 0. The number of aromatic carboxylic acids is 1. The standard InChI is InChI=1S/C19H20N2O4/c1-11(20)15-7-8-17-16(9-15)21(18(22)12(2)25-17)10-13-3-5-14(6-4-13)19(23)24/h3-9,11-12H,10,20H2,1-2H3,(H,23,24). The summed E-state index contributed by atoms with van der Waals surface area (Å²) in [7, 11) is 0. The van der Waals surface area contributed by atoms with Gasteiger partial charge in [-0.25, -0.2) is 4.79 Å². The Labute approximate surface area is 145 Å². The molecule has 0 saturated carbocycles. The Kier molecular flexibility index (Phi) is 4.46. The summed E-state index contributed by atoms with van der Waals surface area (Å²) < 4.78 is 5.69. The number of benzene rings is 2. The number of nitrogens with zero attached hydrogens (tertiary/aromatic N) is 1. The molecule has 0 bridgehead atoms. The number of nitrogens with two attached hydrogens (primary N) is 1. The maximum absolute atomic E-state index is 12.6. The van der Waals surface area contributed by atoms with Gasteiger partial charge in [0.05, 0.1) is 17.8 Å². The van der Waals surface area contributed by atoms with Crippen LogP contribution >= 0.6 is 0 Å². The SMILES string of the molecule is CC1Oc2ccc(C(C)N)cc2N(Cc2ccc(C(=O)O)cc2)C1=O. The van der Waals surface area contributed by atoms with Gasteiger partial charge in [0.2, 0.25) is 0 Å². The van der Waals surface area contributed by atoms with E-state index in [2.05, 4.69) is 0 Å². The van der Waals surface area contributed by atoms with Crippen LogP contribution in [0, 0.1) is 0 Å². The lowest BCUT2D eigenvalue weighted by molar-refractivity contribution is -0.125. The predicted molar refractivity (Wildman–Crippen MR) is 93.7 cm³/mol. The molecule has 1 amide bonds. The molecule has 3 rings (SSSR count). The van der Waals surface area contributed by atoms with Crippen LogP contribution in [0.5, 0.6) is 5.75 Å². The Bertz CT molecular complexity index is 815. The van der Waals surface area contributed by atoms with Gasteiger partial charge in [0.15, 0.2) is 6.10 Å². The molecule has 130 valence electrons. The van der Waals surface area contributed by atoms with Crippen molar-refractivity contribution in [3.05, 3.63) is 59.2 Å². The fourth-order valence-corrected chi connectivity index (χ4v) is 2.81. The average Bonchev–Trinajstić information content (AvgIpc) is 2.59. The lowest BCUT2D eigenvalue weighted by Gasteiger charge is -2.33. The molecule has 2 atom stereocenters. The third-order valence-electron chi connectivity index (χ3n) is 4.26. The van der Waals surface area contributed by atoms with Crippen LogP contribution in [0.3, 0.4) is 0 Å². The van der Waals surface area contributed by atoms with E-state index in [1.165, 1.54) is 12.1 Å². The normalized spacial score (nSPS) is 17.6. The average molecular weight is 340 g/mol. The molecule has 0 aromatic heterocycles. The number of carbonyl (C=O) groups excluding carboxylic acids is 1.